The number of pyridine rings is 1. The van der Waals surface area contributed by atoms with Gasteiger partial charge in [-0.3, -0.25) is 10.00 Å². The van der Waals surface area contributed by atoms with Crippen molar-refractivity contribution >= 4 is 39.2 Å². The second-order valence-electron chi connectivity index (χ2n) is 17.3. The molecule has 0 amide bonds. The second-order valence-corrected chi connectivity index (χ2v) is 17.7. The van der Waals surface area contributed by atoms with Crippen LogP contribution >= 0.6 is 11.6 Å². The predicted molar refractivity (Wildman–Crippen MR) is 210 cm³/mol. The lowest BCUT2D eigenvalue weighted by molar-refractivity contribution is -0.112. The van der Waals surface area contributed by atoms with Gasteiger partial charge in [-0.05, 0) is 93.7 Å². The summed E-state index contributed by atoms with van der Waals surface area (Å²) in [7, 11) is 1.49. The number of terminal acetylenes is 1. The van der Waals surface area contributed by atoms with Gasteiger partial charge in [-0.2, -0.15) is 15.1 Å². The third kappa shape index (κ3) is 6.09. The Morgan fingerprint density at radius 3 is 2.68 bits per heavy atom. The van der Waals surface area contributed by atoms with E-state index in [0.29, 0.717) is 58.0 Å². The van der Waals surface area contributed by atoms with E-state index in [2.05, 4.69) is 21.0 Å². The fourth-order valence-corrected chi connectivity index (χ4v) is 11.3. The minimum absolute atomic E-state index is 0.00148. The number of aromatic nitrogens is 5. The zero-order chi connectivity index (χ0) is 38.2. The van der Waals surface area contributed by atoms with Gasteiger partial charge in [-0.25, -0.2) is 9.37 Å². The fourth-order valence-electron chi connectivity index (χ4n) is 10.9. The van der Waals surface area contributed by atoms with Crippen LogP contribution < -0.4 is 14.4 Å². The van der Waals surface area contributed by atoms with E-state index >= 15 is 4.39 Å². The van der Waals surface area contributed by atoms with E-state index in [1.165, 1.54) is 32.8 Å². The largest absolute Gasteiger partial charge is 0.480 e. The van der Waals surface area contributed by atoms with Crippen molar-refractivity contribution in [3.63, 3.8) is 0 Å². The van der Waals surface area contributed by atoms with Gasteiger partial charge >= 0.3 is 6.01 Å². The molecule has 1 spiro atoms. The molecule has 56 heavy (non-hydrogen) atoms. The van der Waals surface area contributed by atoms with E-state index in [1.54, 1.807) is 11.1 Å². The van der Waals surface area contributed by atoms with E-state index in [1.807, 2.05) is 6.07 Å². The molecule has 2 N–H and O–H groups in total. The summed E-state index contributed by atoms with van der Waals surface area (Å²) in [5, 5.41) is 20.1. The molecule has 10 rings (SSSR count). The van der Waals surface area contributed by atoms with Crippen LogP contribution in [0.25, 0.3) is 33.1 Å². The molecule has 3 saturated carbocycles. The number of nitrogens with zero attached hydrogens (tertiary/aromatic N) is 6. The molecule has 12 nitrogen and oxygen atoms in total. The lowest BCUT2D eigenvalue weighted by atomic mass is 9.60. The summed E-state index contributed by atoms with van der Waals surface area (Å²) >= 11 is 6.90. The second kappa shape index (κ2) is 13.9. The normalized spacial score (nSPS) is 28.3. The summed E-state index contributed by atoms with van der Waals surface area (Å²) in [6.07, 6.45) is 19.8. The molecule has 3 aliphatic carbocycles. The SMILES string of the molecule is C#C[C@@]1(O)COCCN(c2nc(OCC34CCCC3N(C3CC5(CCOCC5)C3)CCC4)nc3c(F)c(-c4c(C5CC5)c(Cl)cc5[nH]ncc45)nc(OC)c23)C1. The summed E-state index contributed by atoms with van der Waals surface area (Å²) in [6, 6.07) is 2.91. The Morgan fingerprint density at radius 1 is 1.07 bits per heavy atom. The average molecular weight is 786 g/mol. The third-order valence-electron chi connectivity index (χ3n) is 13.9. The van der Waals surface area contributed by atoms with Crippen molar-refractivity contribution in [1.29, 1.82) is 0 Å². The van der Waals surface area contributed by atoms with Crippen molar-refractivity contribution in [3.8, 4) is 35.5 Å². The molecule has 2 unspecified atom stereocenters. The van der Waals surface area contributed by atoms with Crippen LogP contribution in [0.2, 0.25) is 5.02 Å². The maximum atomic E-state index is 17.6. The van der Waals surface area contributed by atoms with Gasteiger partial charge in [-0.15, -0.1) is 6.42 Å². The highest BCUT2D eigenvalue weighted by Gasteiger charge is 2.55. The number of aliphatic hydroxyl groups is 1. The first-order chi connectivity index (χ1) is 27.2. The van der Waals surface area contributed by atoms with Gasteiger partial charge in [0.05, 0.1) is 45.2 Å². The van der Waals surface area contributed by atoms with E-state index in [-0.39, 0.29) is 59.6 Å². The zero-order valence-electron chi connectivity index (χ0n) is 31.9. The van der Waals surface area contributed by atoms with Crippen molar-refractivity contribution in [1.82, 2.24) is 30.0 Å². The van der Waals surface area contributed by atoms with Crippen molar-refractivity contribution in [2.45, 2.75) is 94.2 Å². The molecule has 14 heteroatoms. The lowest BCUT2D eigenvalue weighted by Crippen LogP contribution is -2.61. The van der Waals surface area contributed by atoms with Gasteiger partial charge in [-0.1, -0.05) is 23.9 Å². The molecule has 3 atom stereocenters. The molecule has 4 aromatic rings. The van der Waals surface area contributed by atoms with Crippen LogP contribution in [0.3, 0.4) is 0 Å². The van der Waals surface area contributed by atoms with Crippen LogP contribution in [-0.2, 0) is 9.47 Å². The summed E-state index contributed by atoms with van der Waals surface area (Å²) in [6.45, 7) is 3.85. The number of benzene rings is 1. The molecule has 0 bridgehead atoms. The van der Waals surface area contributed by atoms with Crippen LogP contribution in [0, 0.1) is 29.0 Å². The zero-order valence-corrected chi connectivity index (χ0v) is 32.7. The third-order valence-corrected chi connectivity index (χ3v) is 14.2. The molecule has 0 radical (unpaired) electrons. The van der Waals surface area contributed by atoms with Gasteiger partial charge in [0.2, 0.25) is 5.88 Å². The van der Waals surface area contributed by atoms with Gasteiger partial charge in [0.25, 0.3) is 0 Å². The maximum absolute atomic E-state index is 17.6. The minimum Gasteiger partial charge on any atom is -0.480 e. The highest BCUT2D eigenvalue weighted by Crippen LogP contribution is 2.56. The number of ether oxygens (including phenoxy) is 4. The molecule has 3 saturated heterocycles. The van der Waals surface area contributed by atoms with Gasteiger partial charge in [0, 0.05) is 53.2 Å². The summed E-state index contributed by atoms with van der Waals surface area (Å²) in [5.74, 6) is 2.46. The maximum Gasteiger partial charge on any atom is 0.319 e. The first-order valence-electron chi connectivity index (χ1n) is 20.3. The number of hydrogen-bond acceptors (Lipinski definition) is 11. The van der Waals surface area contributed by atoms with Crippen molar-refractivity contribution in [3.05, 3.63) is 28.7 Å². The molecular weight excluding hydrogens is 737 g/mol. The predicted octanol–water partition coefficient (Wildman–Crippen LogP) is 6.42. The number of methoxy groups -OCH3 is 1. The summed E-state index contributed by atoms with van der Waals surface area (Å²) in [4.78, 5) is 19.3. The number of piperidine rings is 1. The topological polar surface area (TPSA) is 131 Å². The number of rotatable bonds is 8. The molecular formula is C42H49ClFN7O5. The average Bonchev–Trinajstić information content (AvgIpc) is 3.83. The Labute approximate surface area is 330 Å². The number of nitrogens with one attached hydrogen (secondary N) is 1. The van der Waals surface area contributed by atoms with Crippen LogP contribution in [-0.4, -0.2) is 113 Å². The Balaban J connectivity index is 1.06. The van der Waals surface area contributed by atoms with Gasteiger partial charge < -0.3 is 29.0 Å². The Hall–Kier alpha value is -3.80. The Morgan fingerprint density at radius 2 is 1.89 bits per heavy atom. The van der Waals surface area contributed by atoms with Gasteiger partial charge in [0.15, 0.2) is 11.4 Å². The number of H-pyrrole nitrogens is 1. The number of fused-ring (bicyclic) bond motifs is 3. The number of aromatic amines is 1. The quantitative estimate of drug-likeness (QED) is 0.192. The molecule has 3 aromatic heterocycles. The van der Waals surface area contributed by atoms with Crippen LogP contribution in [0.5, 0.6) is 11.9 Å². The highest BCUT2D eigenvalue weighted by molar-refractivity contribution is 6.33. The molecule has 1 aromatic carbocycles. The van der Waals surface area contributed by atoms with E-state index in [9.17, 15) is 5.11 Å². The Bertz CT molecular complexity index is 2210. The Kier molecular flexibility index (Phi) is 9.10. The fraction of sp³-hybridized carbons (Fsp3) is 0.619. The molecule has 6 heterocycles. The molecule has 296 valence electrons. The molecule has 6 aliphatic rings. The number of anilines is 1. The monoisotopic (exact) mass is 785 g/mol. The summed E-state index contributed by atoms with van der Waals surface area (Å²) < 4.78 is 41.7. The molecule has 3 aliphatic heterocycles. The minimum atomic E-state index is -1.60. The first kappa shape index (κ1) is 36.5. The number of likely N-dealkylation sites (tertiary alicyclic amines) is 1. The van der Waals surface area contributed by atoms with Gasteiger partial charge in [0.1, 0.15) is 22.4 Å². The highest BCUT2D eigenvalue weighted by atomic mass is 35.5. The van der Waals surface area contributed by atoms with Crippen LogP contribution in [0.15, 0.2) is 12.3 Å². The summed E-state index contributed by atoms with van der Waals surface area (Å²) in [5.41, 5.74) is 0.950. The lowest BCUT2D eigenvalue weighted by Gasteiger charge is -2.58. The number of halogens is 2. The number of β-amino-alcohol motifs (C(OH)–C–C–N with tert-alkyl or cyclic N) is 1. The van der Waals surface area contributed by atoms with Crippen molar-refractivity contribution in [2.75, 3.05) is 64.7 Å². The molecule has 6 fully saturated rings. The van der Waals surface area contributed by atoms with Crippen molar-refractivity contribution < 1.29 is 28.4 Å². The van der Waals surface area contributed by atoms with Crippen LogP contribution in [0.4, 0.5) is 10.2 Å². The van der Waals surface area contributed by atoms with E-state index in [4.69, 9.17) is 51.9 Å². The van der Waals surface area contributed by atoms with Crippen molar-refractivity contribution in [2.24, 2.45) is 10.8 Å². The number of hydrogen-bond donors (Lipinski definition) is 2. The van der Waals surface area contributed by atoms with E-state index < -0.39 is 11.4 Å². The smallest absolute Gasteiger partial charge is 0.319 e. The first-order valence-corrected chi connectivity index (χ1v) is 20.7. The standard InChI is InChI=1S/C42H49ClFN7O5/c1-3-42(52)22-50(14-17-55-24-42)37-33-36(34(44)35(46-38(33)53-2)32-27-21-45-49-29(27)18-28(43)31(32)25-7-8-25)47-39(48-37)56-23-41-9-4-6-30(41)51(13-5-10-41)26-19-40(20-26)11-15-54-16-12-40/h1,18,21,25-26,30,52H,4-17,19-20,22-24H2,2H3,(H,45,49)/t30?,41?,42-/m0/s1. The van der Waals surface area contributed by atoms with Crippen LogP contribution in [0.1, 0.15) is 82.1 Å². The van der Waals surface area contributed by atoms with E-state index in [0.717, 1.165) is 70.3 Å².